The molecule has 0 amide bonds. The van der Waals surface area contributed by atoms with E-state index in [4.69, 9.17) is 4.74 Å². The van der Waals surface area contributed by atoms with Crippen LogP contribution in [0.15, 0.2) is 30.3 Å². The van der Waals surface area contributed by atoms with Crippen molar-refractivity contribution in [1.82, 2.24) is 0 Å². The van der Waals surface area contributed by atoms with Crippen LogP contribution < -0.4 is 4.90 Å². The lowest BCUT2D eigenvalue weighted by atomic mass is 9.81. The third-order valence-electron chi connectivity index (χ3n) is 6.42. The molecule has 2 aliphatic rings. The van der Waals surface area contributed by atoms with Crippen LogP contribution in [0.1, 0.15) is 54.9 Å². The Hall–Kier alpha value is -2.43. The molecule has 160 valence electrons. The zero-order valence-electron chi connectivity index (χ0n) is 17.6. The van der Waals surface area contributed by atoms with Gasteiger partial charge in [0.1, 0.15) is 11.6 Å². The maximum Gasteiger partial charge on any atom is 0.306 e. The number of nitrogens with zero attached hydrogens (tertiary/aromatic N) is 1. The second kappa shape index (κ2) is 9.15. The number of carbonyl (C=O) groups excluding carboxylic acids is 1. The summed E-state index contributed by atoms with van der Waals surface area (Å²) >= 11 is 0. The molecule has 0 atom stereocenters. The highest BCUT2D eigenvalue weighted by Gasteiger charge is 2.24. The van der Waals surface area contributed by atoms with Gasteiger partial charge in [0, 0.05) is 19.5 Å². The summed E-state index contributed by atoms with van der Waals surface area (Å²) in [6.45, 7) is 3.16. The normalized spacial score (nSPS) is 16.2. The predicted molar refractivity (Wildman–Crippen MR) is 114 cm³/mol. The van der Waals surface area contributed by atoms with Crippen molar-refractivity contribution in [2.75, 3.05) is 18.1 Å². The molecule has 1 fully saturated rings. The maximum atomic E-state index is 15.0. The molecule has 0 N–H and O–H groups in total. The van der Waals surface area contributed by atoms with E-state index in [0.717, 1.165) is 17.9 Å². The highest BCUT2D eigenvalue weighted by molar-refractivity contribution is 5.69. The van der Waals surface area contributed by atoms with Gasteiger partial charge in [0.2, 0.25) is 0 Å². The van der Waals surface area contributed by atoms with Crippen LogP contribution in [-0.2, 0) is 35.3 Å². The molecular formula is C25H29F2NO2. The quantitative estimate of drug-likeness (QED) is 0.572. The summed E-state index contributed by atoms with van der Waals surface area (Å²) in [5, 5.41) is 0. The fourth-order valence-electron chi connectivity index (χ4n) is 4.49. The Kier molecular flexibility index (Phi) is 6.35. The number of carbonyl (C=O) groups is 1. The van der Waals surface area contributed by atoms with Crippen molar-refractivity contribution < 1.29 is 18.3 Å². The van der Waals surface area contributed by atoms with Gasteiger partial charge in [0.05, 0.1) is 12.3 Å². The van der Waals surface area contributed by atoms with Gasteiger partial charge in [-0.3, -0.25) is 4.79 Å². The fraction of sp³-hybridized carbons (Fsp3) is 0.480. The minimum atomic E-state index is -0.307. The number of benzene rings is 2. The molecule has 0 saturated heterocycles. The number of anilines is 1. The monoisotopic (exact) mass is 413 g/mol. The van der Waals surface area contributed by atoms with Gasteiger partial charge < -0.3 is 9.64 Å². The van der Waals surface area contributed by atoms with Crippen LogP contribution in [-0.4, -0.2) is 19.1 Å². The average Bonchev–Trinajstić information content (AvgIpc) is 2.71. The van der Waals surface area contributed by atoms with E-state index in [1.165, 1.54) is 24.8 Å². The Bertz CT molecular complexity index is 924. The topological polar surface area (TPSA) is 29.5 Å². The molecule has 4 rings (SSSR count). The van der Waals surface area contributed by atoms with Crippen molar-refractivity contribution in [3.05, 3.63) is 64.2 Å². The average molecular weight is 414 g/mol. The lowest BCUT2D eigenvalue weighted by Gasteiger charge is -2.32. The molecule has 0 radical (unpaired) electrons. The van der Waals surface area contributed by atoms with Crippen molar-refractivity contribution in [3.8, 4) is 0 Å². The Balaban J connectivity index is 1.48. The largest absolute Gasteiger partial charge is 0.466 e. The third kappa shape index (κ3) is 4.50. The van der Waals surface area contributed by atoms with Gasteiger partial charge in [0.25, 0.3) is 0 Å². The summed E-state index contributed by atoms with van der Waals surface area (Å²) in [5.41, 5.74) is 3.93. The highest BCUT2D eigenvalue weighted by atomic mass is 19.1. The number of esters is 1. The second-order valence-electron chi connectivity index (χ2n) is 8.44. The zero-order valence-corrected chi connectivity index (χ0v) is 17.6. The first kappa shape index (κ1) is 20.8. The van der Waals surface area contributed by atoms with Gasteiger partial charge in [-0.2, -0.15) is 0 Å². The molecule has 1 heterocycles. The van der Waals surface area contributed by atoms with Gasteiger partial charge >= 0.3 is 5.97 Å². The van der Waals surface area contributed by atoms with Crippen LogP contribution in [0.3, 0.4) is 0 Å². The molecule has 0 bridgehead atoms. The summed E-state index contributed by atoms with van der Waals surface area (Å²) in [5.74, 6) is -0.0245. The van der Waals surface area contributed by atoms with Crippen molar-refractivity contribution in [3.63, 3.8) is 0 Å². The molecule has 5 heteroatoms. The van der Waals surface area contributed by atoms with Crippen LogP contribution >= 0.6 is 0 Å². The maximum absolute atomic E-state index is 15.0. The van der Waals surface area contributed by atoms with Gasteiger partial charge in [-0.25, -0.2) is 8.78 Å². The van der Waals surface area contributed by atoms with Crippen LogP contribution in [0, 0.1) is 17.6 Å². The van der Waals surface area contributed by atoms with E-state index in [2.05, 4.69) is 0 Å². The number of halogens is 2. The molecule has 0 spiro atoms. The predicted octanol–water partition coefficient (Wildman–Crippen LogP) is 5.37. The SMILES string of the molecule is CCOC(=O)CCc1ccc2c(c1F)CCN(c1cc(CC3CCC3)ccc1F)C2. The number of hydrogen-bond donors (Lipinski definition) is 0. The summed E-state index contributed by atoms with van der Waals surface area (Å²) < 4.78 is 34.5. The van der Waals surface area contributed by atoms with E-state index in [1.54, 1.807) is 19.1 Å². The Morgan fingerprint density at radius 1 is 1.20 bits per heavy atom. The molecule has 1 aliphatic carbocycles. The van der Waals surface area contributed by atoms with E-state index in [-0.39, 0.29) is 24.0 Å². The molecule has 2 aromatic carbocycles. The fourth-order valence-corrected chi connectivity index (χ4v) is 4.49. The van der Waals surface area contributed by atoms with E-state index in [0.29, 0.717) is 49.4 Å². The van der Waals surface area contributed by atoms with Crippen molar-refractivity contribution in [1.29, 1.82) is 0 Å². The summed E-state index contributed by atoms with van der Waals surface area (Å²) in [7, 11) is 0. The lowest BCUT2D eigenvalue weighted by molar-refractivity contribution is -0.143. The molecule has 1 saturated carbocycles. The Labute approximate surface area is 177 Å². The first-order valence-electron chi connectivity index (χ1n) is 11.0. The number of hydrogen-bond acceptors (Lipinski definition) is 3. The summed E-state index contributed by atoms with van der Waals surface area (Å²) in [4.78, 5) is 13.6. The van der Waals surface area contributed by atoms with E-state index >= 15 is 4.39 Å². The first-order chi connectivity index (χ1) is 14.5. The molecule has 0 aromatic heterocycles. The Morgan fingerprint density at radius 3 is 2.77 bits per heavy atom. The van der Waals surface area contributed by atoms with Gasteiger partial charge in [-0.1, -0.05) is 37.5 Å². The first-order valence-corrected chi connectivity index (χ1v) is 11.0. The smallest absolute Gasteiger partial charge is 0.306 e. The Morgan fingerprint density at radius 2 is 2.03 bits per heavy atom. The number of ether oxygens (including phenoxy) is 1. The number of rotatable bonds is 7. The van der Waals surface area contributed by atoms with E-state index in [1.807, 2.05) is 23.1 Å². The summed E-state index contributed by atoms with van der Waals surface area (Å²) in [6, 6.07) is 9.10. The molecule has 1 aliphatic heterocycles. The van der Waals surface area contributed by atoms with Crippen LogP contribution in [0.25, 0.3) is 0 Å². The van der Waals surface area contributed by atoms with E-state index < -0.39 is 0 Å². The number of aryl methyl sites for hydroxylation is 1. The highest BCUT2D eigenvalue weighted by Crippen LogP contribution is 2.33. The lowest BCUT2D eigenvalue weighted by Crippen LogP contribution is -2.32. The molecule has 0 unspecified atom stereocenters. The second-order valence-corrected chi connectivity index (χ2v) is 8.44. The third-order valence-corrected chi connectivity index (χ3v) is 6.42. The van der Waals surface area contributed by atoms with Crippen LogP contribution in [0.5, 0.6) is 0 Å². The van der Waals surface area contributed by atoms with Crippen molar-refractivity contribution in [2.24, 2.45) is 5.92 Å². The zero-order chi connectivity index (χ0) is 21.1. The molecule has 30 heavy (non-hydrogen) atoms. The van der Waals surface area contributed by atoms with Gasteiger partial charge in [-0.15, -0.1) is 0 Å². The van der Waals surface area contributed by atoms with Crippen LogP contribution in [0.4, 0.5) is 14.5 Å². The summed E-state index contributed by atoms with van der Waals surface area (Å²) in [6.07, 6.45) is 5.88. The van der Waals surface area contributed by atoms with Gasteiger partial charge in [-0.05, 0) is 66.5 Å². The van der Waals surface area contributed by atoms with Gasteiger partial charge in [0.15, 0.2) is 0 Å². The standard InChI is InChI=1S/C25H29F2NO2/c1-2-30-24(29)11-9-19-7-8-20-16-28(13-12-21(20)25(19)27)23-15-18(6-10-22(23)26)14-17-4-3-5-17/h6-8,10,15,17H,2-5,9,11-14,16H2,1H3. The number of fused-ring (bicyclic) bond motifs is 1. The van der Waals surface area contributed by atoms with Crippen LogP contribution in [0.2, 0.25) is 0 Å². The molecule has 2 aromatic rings. The molecular weight excluding hydrogens is 384 g/mol. The van der Waals surface area contributed by atoms with E-state index in [9.17, 15) is 9.18 Å². The minimum absolute atomic E-state index is 0.175. The van der Waals surface area contributed by atoms with Crippen molar-refractivity contribution in [2.45, 2.75) is 58.4 Å². The van der Waals surface area contributed by atoms with Crippen molar-refractivity contribution >= 4 is 11.7 Å². The minimum Gasteiger partial charge on any atom is -0.466 e. The molecule has 3 nitrogen and oxygen atoms in total.